The lowest BCUT2D eigenvalue weighted by Crippen LogP contribution is -2.21. The zero-order valence-electron chi connectivity index (χ0n) is 13.2. The number of aromatic hydroxyl groups is 1. The summed E-state index contributed by atoms with van der Waals surface area (Å²) < 4.78 is 13.7. The molecule has 5 nitrogen and oxygen atoms in total. The van der Waals surface area contributed by atoms with Gasteiger partial charge in [-0.05, 0) is 36.4 Å². The molecule has 7 heteroatoms. The lowest BCUT2D eigenvalue weighted by atomic mass is 10.1. The van der Waals surface area contributed by atoms with Crippen LogP contribution in [0.4, 0.5) is 10.1 Å². The first-order chi connectivity index (χ1) is 12.5. The van der Waals surface area contributed by atoms with Gasteiger partial charge in [-0.1, -0.05) is 29.5 Å². The van der Waals surface area contributed by atoms with Crippen LogP contribution in [0.2, 0.25) is 0 Å². The Hall–Kier alpha value is -3.32. The fraction of sp³-hybridized carbons (Fsp3) is 0. The van der Waals surface area contributed by atoms with Gasteiger partial charge in [0.1, 0.15) is 5.82 Å². The Bertz CT molecular complexity index is 1140. The van der Waals surface area contributed by atoms with Gasteiger partial charge >= 0.3 is 4.87 Å². The maximum Gasteiger partial charge on any atom is 0.317 e. The third-order valence-corrected chi connectivity index (χ3v) is 4.83. The van der Waals surface area contributed by atoms with E-state index in [-0.39, 0.29) is 10.4 Å². The molecule has 3 aromatic rings. The number of para-hydroxylation sites is 1. The fourth-order valence-corrected chi connectivity index (χ4v) is 3.49. The number of aliphatic imine (C=N–C) groups is 1. The first kappa shape index (κ1) is 16.2. The molecule has 1 aliphatic rings. The van der Waals surface area contributed by atoms with Gasteiger partial charge < -0.3 is 5.11 Å². The molecule has 0 atom stereocenters. The molecule has 0 unspecified atom stereocenters. The van der Waals surface area contributed by atoms with Gasteiger partial charge in [0.25, 0.3) is 5.91 Å². The van der Waals surface area contributed by atoms with Gasteiger partial charge in [-0.2, -0.15) is 0 Å². The van der Waals surface area contributed by atoms with E-state index in [1.54, 1.807) is 12.3 Å². The van der Waals surface area contributed by atoms with Gasteiger partial charge in [-0.3, -0.25) is 14.6 Å². The van der Waals surface area contributed by atoms with Crippen molar-refractivity contribution < 1.29 is 14.3 Å². The molecular weight excluding hydrogens is 355 g/mol. The number of fused-ring (bicyclic) bond motifs is 1. The Balaban J connectivity index is 1.76. The summed E-state index contributed by atoms with van der Waals surface area (Å²) in [5.41, 5.74) is 2.52. The van der Waals surface area contributed by atoms with Gasteiger partial charge in [0.15, 0.2) is 0 Å². The van der Waals surface area contributed by atoms with Crippen LogP contribution in [0.25, 0.3) is 11.6 Å². The topological polar surface area (TPSA) is 71.7 Å². The van der Waals surface area contributed by atoms with E-state index in [0.717, 1.165) is 40.3 Å². The van der Waals surface area contributed by atoms with E-state index < -0.39 is 22.5 Å². The van der Waals surface area contributed by atoms with Gasteiger partial charge in [0, 0.05) is 22.9 Å². The Morgan fingerprint density at radius 2 is 1.88 bits per heavy atom. The first-order valence-electron chi connectivity index (χ1n) is 7.65. The van der Waals surface area contributed by atoms with Crippen LogP contribution in [0, 0.1) is 5.82 Å². The average molecular weight is 366 g/mol. The van der Waals surface area contributed by atoms with Crippen molar-refractivity contribution in [3.63, 3.8) is 0 Å². The van der Waals surface area contributed by atoms with Crippen molar-refractivity contribution in [3.05, 3.63) is 80.0 Å². The number of carbonyl (C=O) groups excluding carboxylic acids is 1. The van der Waals surface area contributed by atoms with E-state index in [1.807, 2.05) is 24.3 Å². The van der Waals surface area contributed by atoms with E-state index in [0.29, 0.717) is 4.57 Å². The number of carbonyl (C=O) groups is 1. The summed E-state index contributed by atoms with van der Waals surface area (Å²) in [6.07, 6.45) is 3.26. The highest BCUT2D eigenvalue weighted by Crippen LogP contribution is 2.34. The van der Waals surface area contributed by atoms with E-state index in [1.165, 1.54) is 12.1 Å². The van der Waals surface area contributed by atoms with Crippen LogP contribution >= 0.6 is 11.3 Å². The minimum Gasteiger partial charge on any atom is -0.493 e. The van der Waals surface area contributed by atoms with Crippen molar-refractivity contribution in [2.45, 2.75) is 0 Å². The van der Waals surface area contributed by atoms with Crippen molar-refractivity contribution in [3.8, 4) is 5.88 Å². The van der Waals surface area contributed by atoms with Crippen LogP contribution in [0.3, 0.4) is 0 Å². The molecule has 2 heterocycles. The molecule has 0 aliphatic carbocycles. The standard InChI is InChI=1S/C19H11FN2O3S/c20-13-7-5-11(6-8-13)17(23)22-18(24)16(26-19(22)25)9-12-10-21-15-4-2-1-3-14(12)15/h1-10,24H/b12-9+. The summed E-state index contributed by atoms with van der Waals surface area (Å²) in [4.78, 5) is 28.6. The Morgan fingerprint density at radius 3 is 2.65 bits per heavy atom. The number of hydrogen-bond donors (Lipinski definition) is 1. The molecule has 4 rings (SSSR count). The number of rotatable bonds is 2. The molecule has 0 saturated carbocycles. The van der Waals surface area contributed by atoms with E-state index >= 15 is 0 Å². The SMILES string of the molecule is O=C(c1ccc(F)cc1)n1c(O)c(/C=C2\C=Nc3ccccc32)sc1=O. The van der Waals surface area contributed by atoms with Crippen molar-refractivity contribution in [1.82, 2.24) is 4.57 Å². The number of hydrogen-bond acceptors (Lipinski definition) is 5. The quantitative estimate of drug-likeness (QED) is 0.752. The molecule has 128 valence electrons. The molecule has 0 spiro atoms. The van der Waals surface area contributed by atoms with Crippen LogP contribution in [0.15, 0.2) is 58.3 Å². The highest BCUT2D eigenvalue weighted by Gasteiger charge is 2.21. The minimum absolute atomic E-state index is 0.105. The summed E-state index contributed by atoms with van der Waals surface area (Å²) in [6.45, 7) is 0. The second-order valence-electron chi connectivity index (χ2n) is 5.58. The van der Waals surface area contributed by atoms with Crippen molar-refractivity contribution in [1.29, 1.82) is 0 Å². The lowest BCUT2D eigenvalue weighted by Gasteiger charge is -2.03. The predicted molar refractivity (Wildman–Crippen MR) is 98.8 cm³/mol. The average Bonchev–Trinajstić information content (AvgIpc) is 3.16. The molecule has 0 bridgehead atoms. The maximum atomic E-state index is 13.0. The van der Waals surface area contributed by atoms with Crippen molar-refractivity contribution >= 4 is 40.8 Å². The Kier molecular flexibility index (Phi) is 3.85. The van der Waals surface area contributed by atoms with Crippen LogP contribution in [0.5, 0.6) is 5.88 Å². The van der Waals surface area contributed by atoms with E-state index in [9.17, 15) is 19.1 Å². The predicted octanol–water partition coefficient (Wildman–Crippen LogP) is 3.70. The van der Waals surface area contributed by atoms with Crippen LogP contribution in [0.1, 0.15) is 20.8 Å². The fourth-order valence-electron chi connectivity index (χ4n) is 2.67. The van der Waals surface area contributed by atoms with Gasteiger partial charge in [-0.25, -0.2) is 8.96 Å². The molecule has 1 N–H and O–H groups in total. The normalized spacial score (nSPS) is 14.0. The van der Waals surface area contributed by atoms with Crippen LogP contribution < -0.4 is 4.87 Å². The summed E-state index contributed by atoms with van der Waals surface area (Å²) in [5.74, 6) is -1.65. The first-order valence-corrected chi connectivity index (χ1v) is 8.46. The van der Waals surface area contributed by atoms with Crippen LogP contribution in [-0.2, 0) is 0 Å². The second kappa shape index (κ2) is 6.20. The summed E-state index contributed by atoms with van der Waals surface area (Å²) >= 11 is 0.753. The number of benzene rings is 2. The third kappa shape index (κ3) is 2.68. The highest BCUT2D eigenvalue weighted by atomic mass is 32.1. The molecule has 0 amide bonds. The number of nitrogens with zero attached hydrogens (tertiary/aromatic N) is 2. The molecule has 0 fully saturated rings. The smallest absolute Gasteiger partial charge is 0.317 e. The van der Waals surface area contributed by atoms with Gasteiger partial charge in [-0.15, -0.1) is 0 Å². The molecular formula is C19H11FN2O3S. The van der Waals surface area contributed by atoms with E-state index in [4.69, 9.17) is 0 Å². The third-order valence-electron chi connectivity index (χ3n) is 3.95. The van der Waals surface area contributed by atoms with E-state index in [2.05, 4.69) is 4.99 Å². The second-order valence-corrected chi connectivity index (χ2v) is 6.57. The maximum absolute atomic E-state index is 13.0. The monoisotopic (exact) mass is 366 g/mol. The van der Waals surface area contributed by atoms with Crippen LogP contribution in [-0.4, -0.2) is 21.8 Å². The summed E-state index contributed by atoms with van der Waals surface area (Å²) in [7, 11) is 0. The number of halogens is 1. The largest absolute Gasteiger partial charge is 0.493 e. The number of thiazole rings is 1. The van der Waals surface area contributed by atoms with Gasteiger partial charge in [0.05, 0.1) is 10.6 Å². The van der Waals surface area contributed by atoms with Gasteiger partial charge in [0.2, 0.25) is 5.88 Å². The molecule has 26 heavy (non-hydrogen) atoms. The zero-order valence-corrected chi connectivity index (χ0v) is 14.0. The molecule has 2 aromatic carbocycles. The molecule has 0 radical (unpaired) electrons. The number of allylic oxidation sites excluding steroid dienone is 1. The lowest BCUT2D eigenvalue weighted by molar-refractivity contribution is 0.0948. The van der Waals surface area contributed by atoms with Crippen molar-refractivity contribution in [2.24, 2.45) is 4.99 Å². The molecule has 0 saturated heterocycles. The summed E-state index contributed by atoms with van der Waals surface area (Å²) in [6, 6.07) is 12.2. The van der Waals surface area contributed by atoms with Crippen molar-refractivity contribution in [2.75, 3.05) is 0 Å². The Morgan fingerprint density at radius 1 is 1.15 bits per heavy atom. The molecule has 1 aromatic heterocycles. The zero-order chi connectivity index (χ0) is 18.3. The summed E-state index contributed by atoms with van der Waals surface area (Å²) in [5, 5.41) is 10.4. The Labute approximate surface area is 151 Å². The minimum atomic E-state index is -0.714. The number of aromatic nitrogens is 1. The highest BCUT2D eigenvalue weighted by molar-refractivity contribution is 7.10. The molecule has 1 aliphatic heterocycles.